The van der Waals surface area contributed by atoms with Crippen LogP contribution >= 0.6 is 0 Å². The third-order valence-corrected chi connectivity index (χ3v) is 2.53. The van der Waals surface area contributed by atoms with Crippen molar-refractivity contribution < 1.29 is 14.8 Å². The SMILES string of the molecule is O=C(O)CCCc1nc2cc([N+](=O)[O-])ccc2[nH]1. The van der Waals surface area contributed by atoms with E-state index in [1.165, 1.54) is 12.1 Å². The minimum Gasteiger partial charge on any atom is -0.481 e. The van der Waals surface area contributed by atoms with Gasteiger partial charge in [0, 0.05) is 25.0 Å². The van der Waals surface area contributed by atoms with Gasteiger partial charge in [0.2, 0.25) is 0 Å². The largest absolute Gasteiger partial charge is 0.481 e. The third-order valence-electron chi connectivity index (χ3n) is 2.53. The lowest BCUT2D eigenvalue weighted by Crippen LogP contribution is -1.96. The molecule has 0 atom stereocenters. The van der Waals surface area contributed by atoms with Crippen LogP contribution < -0.4 is 0 Å². The zero-order valence-electron chi connectivity index (χ0n) is 9.42. The van der Waals surface area contributed by atoms with Gasteiger partial charge in [0.15, 0.2) is 0 Å². The monoisotopic (exact) mass is 249 g/mol. The van der Waals surface area contributed by atoms with Crippen LogP contribution in [0.15, 0.2) is 18.2 Å². The first kappa shape index (κ1) is 12.0. The number of H-pyrrole nitrogens is 1. The van der Waals surface area contributed by atoms with Gasteiger partial charge < -0.3 is 10.1 Å². The Labute approximate surface area is 102 Å². The van der Waals surface area contributed by atoms with Crippen molar-refractivity contribution in [3.63, 3.8) is 0 Å². The first-order valence-electron chi connectivity index (χ1n) is 5.41. The molecule has 0 aliphatic rings. The molecule has 0 spiro atoms. The van der Waals surface area contributed by atoms with Crippen LogP contribution in [0.5, 0.6) is 0 Å². The van der Waals surface area contributed by atoms with Gasteiger partial charge in [-0.2, -0.15) is 0 Å². The number of non-ortho nitro benzene ring substituents is 1. The summed E-state index contributed by atoms with van der Waals surface area (Å²) >= 11 is 0. The molecule has 7 nitrogen and oxygen atoms in total. The van der Waals surface area contributed by atoms with Crippen molar-refractivity contribution >= 4 is 22.7 Å². The number of nitro groups is 1. The number of hydrogen-bond donors (Lipinski definition) is 2. The number of hydrogen-bond acceptors (Lipinski definition) is 4. The molecule has 2 rings (SSSR count). The molecule has 0 amide bonds. The number of aromatic nitrogens is 2. The molecule has 0 aliphatic heterocycles. The van der Waals surface area contributed by atoms with Crippen LogP contribution in [0.3, 0.4) is 0 Å². The van der Waals surface area contributed by atoms with Crippen molar-refractivity contribution in [2.75, 3.05) is 0 Å². The molecule has 0 aliphatic carbocycles. The predicted molar refractivity (Wildman–Crippen MR) is 63.3 cm³/mol. The predicted octanol–water partition coefficient (Wildman–Crippen LogP) is 1.88. The Hall–Kier alpha value is -2.44. The quantitative estimate of drug-likeness (QED) is 0.621. The van der Waals surface area contributed by atoms with Crippen LogP contribution in [0.1, 0.15) is 18.7 Å². The van der Waals surface area contributed by atoms with E-state index in [4.69, 9.17) is 5.11 Å². The van der Waals surface area contributed by atoms with Gasteiger partial charge in [-0.05, 0) is 12.5 Å². The molecule has 0 saturated carbocycles. The highest BCUT2D eigenvalue weighted by atomic mass is 16.6. The minimum absolute atomic E-state index is 0.00825. The molecule has 1 aromatic carbocycles. The van der Waals surface area contributed by atoms with Crippen molar-refractivity contribution in [2.45, 2.75) is 19.3 Å². The van der Waals surface area contributed by atoms with Crippen molar-refractivity contribution in [1.82, 2.24) is 9.97 Å². The van der Waals surface area contributed by atoms with E-state index in [1.54, 1.807) is 6.07 Å². The molecule has 0 radical (unpaired) electrons. The number of aromatic amines is 1. The van der Waals surface area contributed by atoms with Crippen LogP contribution in [-0.4, -0.2) is 26.0 Å². The van der Waals surface area contributed by atoms with E-state index in [1.807, 2.05) is 0 Å². The molecule has 1 aromatic heterocycles. The van der Waals surface area contributed by atoms with Crippen LogP contribution in [0.4, 0.5) is 5.69 Å². The molecule has 18 heavy (non-hydrogen) atoms. The van der Waals surface area contributed by atoms with E-state index in [9.17, 15) is 14.9 Å². The second kappa shape index (κ2) is 4.82. The van der Waals surface area contributed by atoms with E-state index >= 15 is 0 Å². The standard InChI is InChI=1S/C11H11N3O4/c15-11(16)3-1-2-10-12-8-5-4-7(14(17)18)6-9(8)13-10/h4-6H,1-3H2,(H,12,13)(H,15,16). The number of carboxylic acids is 1. The number of carbonyl (C=O) groups is 1. The summed E-state index contributed by atoms with van der Waals surface area (Å²) in [6.45, 7) is 0. The van der Waals surface area contributed by atoms with Gasteiger partial charge in [0.25, 0.3) is 5.69 Å². The lowest BCUT2D eigenvalue weighted by Gasteiger charge is -1.92. The second-order valence-electron chi connectivity index (χ2n) is 3.89. The van der Waals surface area contributed by atoms with Gasteiger partial charge in [-0.15, -0.1) is 0 Å². The molecule has 0 bridgehead atoms. The lowest BCUT2D eigenvalue weighted by atomic mass is 10.2. The number of aliphatic carboxylic acids is 1. The van der Waals surface area contributed by atoms with Crippen LogP contribution in [0.2, 0.25) is 0 Å². The molecule has 2 aromatic rings. The van der Waals surface area contributed by atoms with Crippen LogP contribution in [0.25, 0.3) is 11.0 Å². The third kappa shape index (κ3) is 2.62. The molecular formula is C11H11N3O4. The number of nitro benzene ring substituents is 1. The normalized spacial score (nSPS) is 10.7. The van der Waals surface area contributed by atoms with Gasteiger partial charge in [-0.25, -0.2) is 4.98 Å². The number of rotatable bonds is 5. The number of nitrogens with one attached hydrogen (secondary N) is 1. The zero-order chi connectivity index (χ0) is 13.1. The van der Waals surface area contributed by atoms with Crippen molar-refractivity contribution in [2.24, 2.45) is 0 Å². The highest BCUT2D eigenvalue weighted by molar-refractivity contribution is 5.77. The maximum Gasteiger partial charge on any atom is 0.303 e. The molecule has 0 fully saturated rings. The fourth-order valence-electron chi connectivity index (χ4n) is 1.69. The fraction of sp³-hybridized carbons (Fsp3) is 0.273. The van der Waals surface area contributed by atoms with E-state index in [-0.39, 0.29) is 12.1 Å². The van der Waals surface area contributed by atoms with Crippen LogP contribution in [-0.2, 0) is 11.2 Å². The molecule has 7 heteroatoms. The summed E-state index contributed by atoms with van der Waals surface area (Å²) in [6, 6.07) is 4.40. The first-order valence-corrected chi connectivity index (χ1v) is 5.41. The summed E-state index contributed by atoms with van der Waals surface area (Å²) in [7, 11) is 0. The average molecular weight is 249 g/mol. The summed E-state index contributed by atoms with van der Waals surface area (Å²) in [6.07, 6.45) is 1.07. The number of fused-ring (bicyclic) bond motifs is 1. The molecule has 1 heterocycles. The average Bonchev–Trinajstić information content (AvgIpc) is 2.69. The van der Waals surface area contributed by atoms with Gasteiger partial charge in [-0.1, -0.05) is 0 Å². The first-order chi connectivity index (χ1) is 8.56. The van der Waals surface area contributed by atoms with E-state index in [0.717, 1.165) is 0 Å². The highest BCUT2D eigenvalue weighted by Crippen LogP contribution is 2.19. The Balaban J connectivity index is 2.16. The topological polar surface area (TPSA) is 109 Å². The maximum atomic E-state index is 10.6. The molecule has 2 N–H and O–H groups in total. The summed E-state index contributed by atoms with van der Waals surface area (Å²) in [5, 5.41) is 19.1. The number of benzene rings is 1. The van der Waals surface area contributed by atoms with Crippen LogP contribution in [0, 0.1) is 10.1 Å². The van der Waals surface area contributed by atoms with E-state index in [2.05, 4.69) is 9.97 Å². The minimum atomic E-state index is -0.846. The zero-order valence-corrected chi connectivity index (χ0v) is 9.42. The van der Waals surface area contributed by atoms with Gasteiger partial charge in [0.1, 0.15) is 5.82 Å². The Morgan fingerprint density at radius 3 is 2.94 bits per heavy atom. The summed E-state index contributed by atoms with van der Waals surface area (Å²) in [4.78, 5) is 27.7. The van der Waals surface area contributed by atoms with Crippen molar-refractivity contribution in [1.29, 1.82) is 0 Å². The number of nitrogens with zero attached hydrogens (tertiary/aromatic N) is 2. The number of imidazole rings is 1. The molecule has 0 unspecified atom stereocenters. The molecular weight excluding hydrogens is 238 g/mol. The second-order valence-corrected chi connectivity index (χ2v) is 3.89. The van der Waals surface area contributed by atoms with E-state index < -0.39 is 10.9 Å². The van der Waals surface area contributed by atoms with Crippen molar-refractivity contribution in [3.05, 3.63) is 34.1 Å². The summed E-state index contributed by atoms with van der Waals surface area (Å²) in [5.74, 6) is -0.200. The Morgan fingerprint density at radius 2 is 2.28 bits per heavy atom. The molecule has 0 saturated heterocycles. The maximum absolute atomic E-state index is 10.6. The summed E-state index contributed by atoms with van der Waals surface area (Å²) < 4.78 is 0. The van der Waals surface area contributed by atoms with E-state index in [0.29, 0.717) is 29.7 Å². The van der Waals surface area contributed by atoms with Gasteiger partial charge >= 0.3 is 5.97 Å². The van der Waals surface area contributed by atoms with Gasteiger partial charge in [0.05, 0.1) is 16.0 Å². The van der Waals surface area contributed by atoms with Crippen molar-refractivity contribution in [3.8, 4) is 0 Å². The number of aryl methyl sites for hydroxylation is 1. The Bertz CT molecular complexity index is 605. The Kier molecular flexibility index (Phi) is 3.22. The smallest absolute Gasteiger partial charge is 0.303 e. The highest BCUT2D eigenvalue weighted by Gasteiger charge is 2.09. The molecule has 94 valence electrons. The summed E-state index contributed by atoms with van der Waals surface area (Å²) in [5.41, 5.74) is 1.23. The fourth-order valence-corrected chi connectivity index (χ4v) is 1.69. The lowest BCUT2D eigenvalue weighted by molar-refractivity contribution is -0.384. The Morgan fingerprint density at radius 1 is 1.50 bits per heavy atom. The van der Waals surface area contributed by atoms with Gasteiger partial charge in [-0.3, -0.25) is 14.9 Å². The number of carboxylic acid groups (broad SMARTS) is 1.